The fourth-order valence-corrected chi connectivity index (χ4v) is 2.66. The van der Waals surface area contributed by atoms with Gasteiger partial charge in [-0.25, -0.2) is 9.18 Å². The minimum Gasteiger partial charge on any atom is -0.361 e. The molecule has 0 saturated carbocycles. The summed E-state index contributed by atoms with van der Waals surface area (Å²) in [6.07, 6.45) is 2.50. The van der Waals surface area contributed by atoms with Crippen LogP contribution in [0.4, 0.5) is 9.18 Å². The molecule has 0 aliphatic carbocycles. The summed E-state index contributed by atoms with van der Waals surface area (Å²) in [5.74, 6) is 0.437. The molecule has 0 aliphatic heterocycles. The molecule has 0 atom stereocenters. The molecule has 3 N–H and O–H groups in total. The van der Waals surface area contributed by atoms with Crippen molar-refractivity contribution in [3.63, 3.8) is 0 Å². The third-order valence-corrected chi connectivity index (χ3v) is 4.02. The van der Waals surface area contributed by atoms with Gasteiger partial charge in [0.25, 0.3) is 0 Å². The lowest BCUT2D eigenvalue weighted by Crippen LogP contribution is -2.36. The number of aromatic nitrogens is 2. The van der Waals surface area contributed by atoms with E-state index in [1.165, 1.54) is 12.1 Å². The zero-order valence-corrected chi connectivity index (χ0v) is 13.6. The predicted molar refractivity (Wildman–Crippen MR) is 88.2 cm³/mol. The Morgan fingerprint density at radius 2 is 2.17 bits per heavy atom. The maximum Gasteiger partial charge on any atom is 0.315 e. The van der Waals surface area contributed by atoms with Crippen LogP contribution >= 0.6 is 0 Å². The van der Waals surface area contributed by atoms with Crippen molar-refractivity contribution in [2.75, 3.05) is 6.54 Å². The van der Waals surface area contributed by atoms with Gasteiger partial charge in [0.1, 0.15) is 11.6 Å². The lowest BCUT2D eigenvalue weighted by Gasteiger charge is -2.07. The zero-order chi connectivity index (χ0) is 17.1. The number of amides is 2. The maximum absolute atomic E-state index is 13.2. The van der Waals surface area contributed by atoms with E-state index >= 15 is 0 Å². The fourth-order valence-electron chi connectivity index (χ4n) is 2.66. The molecule has 0 aliphatic rings. The van der Waals surface area contributed by atoms with Crippen molar-refractivity contribution in [3.8, 4) is 0 Å². The average molecular weight is 330 g/mol. The first-order valence-corrected chi connectivity index (χ1v) is 7.73. The van der Waals surface area contributed by atoms with E-state index in [-0.39, 0.29) is 11.8 Å². The Kier molecular flexibility index (Phi) is 4.50. The molecule has 24 heavy (non-hydrogen) atoms. The van der Waals surface area contributed by atoms with Gasteiger partial charge in [-0.15, -0.1) is 0 Å². The van der Waals surface area contributed by atoms with Crippen molar-refractivity contribution in [1.29, 1.82) is 0 Å². The number of H-pyrrole nitrogens is 1. The maximum atomic E-state index is 13.2. The molecule has 0 radical (unpaired) electrons. The van der Waals surface area contributed by atoms with Gasteiger partial charge in [0.2, 0.25) is 0 Å². The third kappa shape index (κ3) is 3.40. The second-order valence-corrected chi connectivity index (χ2v) is 5.67. The summed E-state index contributed by atoms with van der Waals surface area (Å²) in [5, 5.41) is 10.4. The van der Waals surface area contributed by atoms with Crippen molar-refractivity contribution in [3.05, 3.63) is 52.8 Å². The van der Waals surface area contributed by atoms with Crippen LogP contribution in [0.3, 0.4) is 0 Å². The topological polar surface area (TPSA) is 82.9 Å². The van der Waals surface area contributed by atoms with E-state index in [1.54, 1.807) is 6.07 Å². The minimum absolute atomic E-state index is 0.249. The van der Waals surface area contributed by atoms with Crippen LogP contribution in [-0.4, -0.2) is 22.7 Å². The fraction of sp³-hybridized carbons (Fsp3) is 0.294. The molecule has 2 aromatic heterocycles. The van der Waals surface area contributed by atoms with E-state index in [0.29, 0.717) is 25.3 Å². The standard InChI is InChI=1S/C17H19FN4O2/c1-10-15(11(2)24-22-10)9-21-17(23)19-6-5-12-8-20-16-7-13(18)3-4-14(12)16/h3-4,7-8,20H,5-6,9H2,1-2H3,(H2,19,21,23). The van der Waals surface area contributed by atoms with E-state index in [9.17, 15) is 9.18 Å². The lowest BCUT2D eigenvalue weighted by molar-refractivity contribution is 0.240. The number of hydrogen-bond acceptors (Lipinski definition) is 3. The number of nitrogens with zero attached hydrogens (tertiary/aromatic N) is 1. The normalized spacial score (nSPS) is 11.0. The number of carbonyl (C=O) groups excluding carboxylic acids is 1. The Hall–Kier alpha value is -2.83. The van der Waals surface area contributed by atoms with Gasteiger partial charge >= 0.3 is 6.03 Å². The summed E-state index contributed by atoms with van der Waals surface area (Å²) >= 11 is 0. The molecule has 0 saturated heterocycles. The molecule has 6 nitrogen and oxygen atoms in total. The van der Waals surface area contributed by atoms with Crippen LogP contribution < -0.4 is 10.6 Å². The van der Waals surface area contributed by atoms with Gasteiger partial charge in [-0.05, 0) is 44.0 Å². The van der Waals surface area contributed by atoms with Crippen molar-refractivity contribution in [2.45, 2.75) is 26.8 Å². The summed E-state index contributed by atoms with van der Waals surface area (Å²) in [6, 6.07) is 4.39. The van der Waals surface area contributed by atoms with Crippen LogP contribution in [-0.2, 0) is 13.0 Å². The zero-order valence-electron chi connectivity index (χ0n) is 13.6. The Bertz CT molecular complexity index is 849. The van der Waals surface area contributed by atoms with Gasteiger partial charge in [0.15, 0.2) is 0 Å². The molecule has 3 aromatic rings. The summed E-state index contributed by atoms with van der Waals surface area (Å²) in [4.78, 5) is 14.9. The molecule has 7 heteroatoms. The van der Waals surface area contributed by atoms with Crippen LogP contribution in [0.5, 0.6) is 0 Å². The first-order chi connectivity index (χ1) is 11.5. The Morgan fingerprint density at radius 3 is 2.92 bits per heavy atom. The van der Waals surface area contributed by atoms with E-state index in [2.05, 4.69) is 20.8 Å². The number of hydrogen-bond donors (Lipinski definition) is 3. The predicted octanol–water partition coefficient (Wildman–Crippen LogP) is 2.95. The van der Waals surface area contributed by atoms with Crippen LogP contribution in [0.15, 0.2) is 28.9 Å². The van der Waals surface area contributed by atoms with Gasteiger partial charge in [-0.2, -0.15) is 0 Å². The highest BCUT2D eigenvalue weighted by Gasteiger charge is 2.10. The quantitative estimate of drug-likeness (QED) is 0.672. The van der Waals surface area contributed by atoms with Gasteiger partial charge in [-0.1, -0.05) is 5.16 Å². The Balaban J connectivity index is 1.49. The SMILES string of the molecule is Cc1noc(C)c1CNC(=O)NCCc1c[nH]c2cc(F)ccc12. The van der Waals surface area contributed by atoms with Crippen molar-refractivity contribution in [1.82, 2.24) is 20.8 Å². The van der Waals surface area contributed by atoms with E-state index in [1.807, 2.05) is 20.0 Å². The lowest BCUT2D eigenvalue weighted by atomic mass is 10.1. The number of carbonyl (C=O) groups is 1. The summed E-state index contributed by atoms with van der Waals surface area (Å²) in [5.41, 5.74) is 3.46. The van der Waals surface area contributed by atoms with Crippen molar-refractivity contribution < 1.29 is 13.7 Å². The number of rotatable bonds is 5. The molecule has 126 valence electrons. The van der Waals surface area contributed by atoms with E-state index < -0.39 is 0 Å². The van der Waals surface area contributed by atoms with Crippen molar-refractivity contribution >= 4 is 16.9 Å². The summed E-state index contributed by atoms with van der Waals surface area (Å²) in [6.45, 7) is 4.51. The molecule has 0 fully saturated rings. The molecular formula is C17H19FN4O2. The smallest absolute Gasteiger partial charge is 0.315 e. The second-order valence-electron chi connectivity index (χ2n) is 5.67. The van der Waals surface area contributed by atoms with Crippen molar-refractivity contribution in [2.24, 2.45) is 0 Å². The van der Waals surface area contributed by atoms with E-state index in [4.69, 9.17) is 4.52 Å². The Morgan fingerprint density at radius 1 is 1.33 bits per heavy atom. The first kappa shape index (κ1) is 16.0. The largest absolute Gasteiger partial charge is 0.361 e. The number of fused-ring (bicyclic) bond motifs is 1. The molecule has 1 aromatic carbocycles. The summed E-state index contributed by atoms with van der Waals surface area (Å²) < 4.78 is 18.2. The number of aryl methyl sites for hydroxylation is 2. The van der Waals surface area contributed by atoms with Gasteiger partial charge in [0, 0.05) is 35.8 Å². The number of urea groups is 1. The molecular weight excluding hydrogens is 311 g/mol. The van der Waals surface area contributed by atoms with Gasteiger partial charge in [-0.3, -0.25) is 0 Å². The van der Waals surface area contributed by atoms with Gasteiger partial charge < -0.3 is 20.1 Å². The third-order valence-electron chi connectivity index (χ3n) is 4.02. The number of benzene rings is 1. The van der Waals surface area contributed by atoms with E-state index in [0.717, 1.165) is 27.7 Å². The number of halogens is 1. The van der Waals surface area contributed by atoms with Gasteiger partial charge in [0.05, 0.1) is 5.69 Å². The minimum atomic E-state index is -0.271. The van der Waals surface area contributed by atoms with Crippen LogP contribution in [0.25, 0.3) is 10.9 Å². The monoisotopic (exact) mass is 330 g/mol. The molecule has 2 amide bonds. The molecule has 0 bridgehead atoms. The molecule has 2 heterocycles. The highest BCUT2D eigenvalue weighted by molar-refractivity contribution is 5.83. The highest BCUT2D eigenvalue weighted by atomic mass is 19.1. The second kappa shape index (κ2) is 6.74. The number of nitrogens with one attached hydrogen (secondary N) is 3. The number of aromatic amines is 1. The molecule has 0 unspecified atom stereocenters. The highest BCUT2D eigenvalue weighted by Crippen LogP contribution is 2.19. The average Bonchev–Trinajstić information content (AvgIpc) is 3.09. The molecule has 0 spiro atoms. The van der Waals surface area contributed by atoms with Crippen LogP contribution in [0.2, 0.25) is 0 Å². The summed E-state index contributed by atoms with van der Waals surface area (Å²) in [7, 11) is 0. The molecule has 3 rings (SSSR count). The first-order valence-electron chi connectivity index (χ1n) is 7.73. The Labute approximate surface area is 138 Å². The van der Waals surface area contributed by atoms with Crippen LogP contribution in [0, 0.1) is 19.7 Å². The van der Waals surface area contributed by atoms with Crippen LogP contribution in [0.1, 0.15) is 22.6 Å².